The molecule has 1 aromatic carbocycles. The van der Waals surface area contributed by atoms with Gasteiger partial charge in [0.05, 0.1) is 6.26 Å². The highest BCUT2D eigenvalue weighted by atomic mass is 35.5. The summed E-state index contributed by atoms with van der Waals surface area (Å²) in [5.74, 6) is 0.430. The molecule has 0 atom stereocenters. The number of alkyl halides is 1. The topological polar surface area (TPSA) is 46.2 Å². The Kier molecular flexibility index (Phi) is 3.17. The third-order valence-electron chi connectivity index (χ3n) is 1.41. The first-order chi connectivity index (χ1) is 6.01. The molecule has 1 aromatic rings. The Morgan fingerprint density at radius 1 is 1.31 bits per heavy atom. The van der Waals surface area contributed by atoms with Crippen molar-refractivity contribution in [2.45, 2.75) is 5.88 Å². The highest BCUT2D eigenvalue weighted by molar-refractivity contribution is 7.92. The van der Waals surface area contributed by atoms with Gasteiger partial charge in [0.25, 0.3) is 0 Å². The summed E-state index contributed by atoms with van der Waals surface area (Å²) in [5, 5.41) is 0. The van der Waals surface area contributed by atoms with E-state index in [1.54, 1.807) is 24.3 Å². The van der Waals surface area contributed by atoms with Crippen LogP contribution in [-0.4, -0.2) is 14.7 Å². The van der Waals surface area contributed by atoms with Crippen molar-refractivity contribution in [3.8, 4) is 0 Å². The summed E-state index contributed by atoms with van der Waals surface area (Å²) in [6.45, 7) is 0. The largest absolute Gasteiger partial charge is 0.284 e. The van der Waals surface area contributed by atoms with Gasteiger partial charge >= 0.3 is 0 Å². The van der Waals surface area contributed by atoms with E-state index in [-0.39, 0.29) is 0 Å². The van der Waals surface area contributed by atoms with E-state index in [0.717, 1.165) is 11.8 Å². The maximum atomic E-state index is 10.8. The Hall–Kier alpha value is -0.740. The highest BCUT2D eigenvalue weighted by Gasteiger charge is 2.00. The first-order valence-electron chi connectivity index (χ1n) is 3.64. The fourth-order valence-corrected chi connectivity index (χ4v) is 1.62. The molecule has 0 amide bonds. The van der Waals surface area contributed by atoms with Crippen LogP contribution in [0.3, 0.4) is 0 Å². The zero-order valence-corrected chi connectivity index (χ0v) is 8.69. The van der Waals surface area contributed by atoms with Gasteiger partial charge in [-0.15, -0.1) is 11.6 Å². The number of sulfonamides is 1. The molecule has 0 aliphatic rings. The van der Waals surface area contributed by atoms with Crippen molar-refractivity contribution in [3.63, 3.8) is 0 Å². The fourth-order valence-electron chi connectivity index (χ4n) is 0.876. The van der Waals surface area contributed by atoms with Crippen LogP contribution < -0.4 is 4.72 Å². The lowest BCUT2D eigenvalue weighted by Crippen LogP contribution is -2.09. The van der Waals surface area contributed by atoms with E-state index in [0.29, 0.717) is 11.6 Å². The standard InChI is InChI=1S/C8H10ClNO2S/c1-13(11,12)10-8-4-2-7(6-9)3-5-8/h2-5,10H,6H2,1H3. The van der Waals surface area contributed by atoms with Crippen LogP contribution in [0.25, 0.3) is 0 Å². The minimum absolute atomic E-state index is 0.430. The average Bonchev–Trinajstić information content (AvgIpc) is 2.03. The Morgan fingerprint density at radius 3 is 2.23 bits per heavy atom. The number of hydrogen-bond donors (Lipinski definition) is 1. The summed E-state index contributed by atoms with van der Waals surface area (Å²) in [5.41, 5.74) is 1.51. The van der Waals surface area contributed by atoms with Crippen LogP contribution in [0.4, 0.5) is 5.69 Å². The number of benzene rings is 1. The Bertz CT molecular complexity index is 372. The van der Waals surface area contributed by atoms with Gasteiger partial charge in [0.2, 0.25) is 10.0 Å². The molecule has 0 bridgehead atoms. The molecular formula is C8H10ClNO2S. The van der Waals surface area contributed by atoms with Crippen molar-refractivity contribution < 1.29 is 8.42 Å². The molecule has 72 valence electrons. The number of hydrogen-bond acceptors (Lipinski definition) is 2. The maximum Gasteiger partial charge on any atom is 0.229 e. The summed E-state index contributed by atoms with van der Waals surface area (Å²) >= 11 is 5.57. The molecule has 1 rings (SSSR count). The molecule has 5 heteroatoms. The summed E-state index contributed by atoms with van der Waals surface area (Å²) in [6, 6.07) is 6.92. The van der Waals surface area contributed by atoms with Gasteiger partial charge in [-0.05, 0) is 17.7 Å². The van der Waals surface area contributed by atoms with Gasteiger partial charge in [-0.2, -0.15) is 0 Å². The number of rotatable bonds is 3. The van der Waals surface area contributed by atoms with Crippen molar-refractivity contribution >= 4 is 27.3 Å². The van der Waals surface area contributed by atoms with Gasteiger partial charge in [0.1, 0.15) is 0 Å². The van der Waals surface area contributed by atoms with Crippen molar-refractivity contribution in [3.05, 3.63) is 29.8 Å². The van der Waals surface area contributed by atoms with Crippen LogP contribution in [0.2, 0.25) is 0 Å². The maximum absolute atomic E-state index is 10.8. The predicted molar refractivity (Wildman–Crippen MR) is 54.5 cm³/mol. The molecule has 0 aromatic heterocycles. The van der Waals surface area contributed by atoms with E-state index in [2.05, 4.69) is 4.72 Å². The summed E-state index contributed by atoms with van der Waals surface area (Å²) in [6.07, 6.45) is 1.11. The van der Waals surface area contributed by atoms with Gasteiger partial charge in [0.15, 0.2) is 0 Å². The molecule has 3 nitrogen and oxygen atoms in total. The molecule has 0 aliphatic heterocycles. The molecule has 0 radical (unpaired) electrons. The zero-order valence-electron chi connectivity index (χ0n) is 7.12. The fraction of sp³-hybridized carbons (Fsp3) is 0.250. The quantitative estimate of drug-likeness (QED) is 0.788. The van der Waals surface area contributed by atoms with E-state index >= 15 is 0 Å². The number of halogens is 1. The van der Waals surface area contributed by atoms with E-state index in [4.69, 9.17) is 11.6 Å². The number of nitrogens with one attached hydrogen (secondary N) is 1. The third-order valence-corrected chi connectivity index (χ3v) is 2.33. The lowest BCUT2D eigenvalue weighted by atomic mass is 10.2. The molecule has 0 spiro atoms. The summed E-state index contributed by atoms with van der Waals surface area (Å²) in [7, 11) is -3.18. The molecule has 1 N–H and O–H groups in total. The predicted octanol–water partition coefficient (Wildman–Crippen LogP) is 1.80. The second-order valence-electron chi connectivity index (χ2n) is 2.70. The average molecular weight is 220 g/mol. The molecule has 0 saturated heterocycles. The van der Waals surface area contributed by atoms with Crippen molar-refractivity contribution in [2.24, 2.45) is 0 Å². The smallest absolute Gasteiger partial charge is 0.229 e. The van der Waals surface area contributed by atoms with Gasteiger partial charge in [-0.1, -0.05) is 12.1 Å². The van der Waals surface area contributed by atoms with Crippen LogP contribution in [0, 0.1) is 0 Å². The van der Waals surface area contributed by atoms with E-state index in [1.165, 1.54) is 0 Å². The molecular weight excluding hydrogens is 210 g/mol. The molecule has 0 heterocycles. The molecule has 0 fully saturated rings. The highest BCUT2D eigenvalue weighted by Crippen LogP contribution is 2.11. The monoisotopic (exact) mass is 219 g/mol. The van der Waals surface area contributed by atoms with E-state index in [1.807, 2.05) is 0 Å². The summed E-state index contributed by atoms with van der Waals surface area (Å²) in [4.78, 5) is 0. The minimum atomic E-state index is -3.18. The SMILES string of the molecule is CS(=O)(=O)Nc1ccc(CCl)cc1. The van der Waals surface area contributed by atoms with Crippen LogP contribution in [0.15, 0.2) is 24.3 Å². The first-order valence-corrected chi connectivity index (χ1v) is 6.06. The van der Waals surface area contributed by atoms with Gasteiger partial charge in [0, 0.05) is 11.6 Å². The van der Waals surface area contributed by atoms with Crippen LogP contribution in [0.5, 0.6) is 0 Å². The normalized spacial score (nSPS) is 11.2. The molecule has 13 heavy (non-hydrogen) atoms. The van der Waals surface area contributed by atoms with Crippen LogP contribution >= 0.6 is 11.6 Å². The van der Waals surface area contributed by atoms with Crippen LogP contribution in [0.1, 0.15) is 5.56 Å². The Morgan fingerprint density at radius 2 is 1.85 bits per heavy atom. The van der Waals surface area contributed by atoms with E-state index < -0.39 is 10.0 Å². The second-order valence-corrected chi connectivity index (χ2v) is 4.72. The van der Waals surface area contributed by atoms with Crippen molar-refractivity contribution in [2.75, 3.05) is 11.0 Å². The van der Waals surface area contributed by atoms with Gasteiger partial charge in [-0.3, -0.25) is 4.72 Å². The lowest BCUT2D eigenvalue weighted by molar-refractivity contribution is 0.607. The second kappa shape index (κ2) is 3.98. The van der Waals surface area contributed by atoms with Crippen molar-refractivity contribution in [1.82, 2.24) is 0 Å². The zero-order chi connectivity index (χ0) is 9.90. The van der Waals surface area contributed by atoms with Crippen LogP contribution in [-0.2, 0) is 15.9 Å². The molecule has 0 saturated carbocycles. The molecule has 0 unspecified atom stereocenters. The molecule has 0 aliphatic carbocycles. The third kappa shape index (κ3) is 3.65. The summed E-state index contributed by atoms with van der Waals surface area (Å²) < 4.78 is 24.0. The van der Waals surface area contributed by atoms with Gasteiger partial charge in [-0.25, -0.2) is 8.42 Å². The minimum Gasteiger partial charge on any atom is -0.284 e. The first kappa shape index (κ1) is 10.3. The van der Waals surface area contributed by atoms with Gasteiger partial charge < -0.3 is 0 Å². The Balaban J connectivity index is 2.81. The number of anilines is 1. The Labute approximate surface area is 82.8 Å². The van der Waals surface area contributed by atoms with E-state index in [9.17, 15) is 8.42 Å². The lowest BCUT2D eigenvalue weighted by Gasteiger charge is -2.03. The van der Waals surface area contributed by atoms with Crippen molar-refractivity contribution in [1.29, 1.82) is 0 Å².